The van der Waals surface area contributed by atoms with Crippen molar-refractivity contribution in [2.45, 2.75) is 66.1 Å². The lowest BCUT2D eigenvalue weighted by molar-refractivity contribution is -0.151. The number of hydrogen-bond donors (Lipinski definition) is 0. The second-order valence-corrected chi connectivity index (χ2v) is 11.9. The Bertz CT molecular complexity index is 893. The second kappa shape index (κ2) is 12.0. The molecule has 1 aromatic heterocycles. The lowest BCUT2D eigenvalue weighted by atomic mass is 9.97. The van der Waals surface area contributed by atoms with Crippen molar-refractivity contribution in [1.82, 2.24) is 15.1 Å². The van der Waals surface area contributed by atoms with Crippen LogP contribution in [0.1, 0.15) is 57.6 Å². The molecule has 9 heteroatoms. The average molecular weight is 494 g/mol. The zero-order valence-electron chi connectivity index (χ0n) is 19.1. The standard InChI is InChI=1S/C23H31N3O3S3/c1-5-29-21(28)19-10-12-26(13-11-19)20(27)16(4)31-23-25-24-22(32-23)30-14-17-6-8-18(9-7-17)15(2)3/h6-9,15-16,19H,5,10-14H2,1-4H3. The number of likely N-dealkylation sites (tertiary alicyclic amines) is 1. The van der Waals surface area contributed by atoms with Crippen molar-refractivity contribution in [3.63, 3.8) is 0 Å². The highest BCUT2D eigenvalue weighted by Gasteiger charge is 2.30. The first kappa shape index (κ1) is 25.1. The predicted octanol–water partition coefficient (Wildman–Crippen LogP) is 5.24. The number of rotatable bonds is 9. The van der Waals surface area contributed by atoms with E-state index in [1.807, 2.05) is 18.7 Å². The number of amides is 1. The summed E-state index contributed by atoms with van der Waals surface area (Å²) >= 11 is 4.66. The van der Waals surface area contributed by atoms with Gasteiger partial charge in [-0.05, 0) is 43.7 Å². The maximum atomic E-state index is 12.8. The molecule has 1 amide bonds. The Kier molecular flexibility index (Phi) is 9.43. The summed E-state index contributed by atoms with van der Waals surface area (Å²) in [4.78, 5) is 26.6. The summed E-state index contributed by atoms with van der Waals surface area (Å²) in [6.45, 7) is 9.72. The third-order valence-corrected chi connectivity index (χ3v) is 8.75. The van der Waals surface area contributed by atoms with Crippen LogP contribution in [0.4, 0.5) is 0 Å². The van der Waals surface area contributed by atoms with Crippen LogP contribution in [0.25, 0.3) is 0 Å². The fraction of sp³-hybridized carbons (Fsp3) is 0.565. The van der Waals surface area contributed by atoms with E-state index in [1.54, 1.807) is 11.8 Å². The van der Waals surface area contributed by atoms with Crippen molar-refractivity contribution in [1.29, 1.82) is 0 Å². The minimum Gasteiger partial charge on any atom is -0.466 e. The molecule has 6 nitrogen and oxygen atoms in total. The van der Waals surface area contributed by atoms with Crippen LogP contribution in [-0.2, 0) is 20.1 Å². The summed E-state index contributed by atoms with van der Waals surface area (Å²) in [6, 6.07) is 8.71. The molecule has 0 N–H and O–H groups in total. The molecular weight excluding hydrogens is 462 g/mol. The average Bonchev–Trinajstić information content (AvgIpc) is 3.25. The van der Waals surface area contributed by atoms with Gasteiger partial charge in [0.05, 0.1) is 17.8 Å². The molecule has 0 spiro atoms. The maximum absolute atomic E-state index is 12.8. The molecular formula is C23H31N3O3S3. The van der Waals surface area contributed by atoms with Gasteiger partial charge in [-0.25, -0.2) is 0 Å². The van der Waals surface area contributed by atoms with E-state index in [-0.39, 0.29) is 23.0 Å². The summed E-state index contributed by atoms with van der Waals surface area (Å²) in [5, 5.41) is 8.32. The van der Waals surface area contributed by atoms with E-state index in [0.717, 1.165) is 14.4 Å². The topological polar surface area (TPSA) is 72.4 Å². The van der Waals surface area contributed by atoms with Gasteiger partial charge < -0.3 is 9.64 Å². The van der Waals surface area contributed by atoms with E-state index in [9.17, 15) is 9.59 Å². The number of thioether (sulfide) groups is 2. The molecule has 0 saturated carbocycles. The third-order valence-electron chi connectivity index (χ3n) is 5.45. The Morgan fingerprint density at radius 2 is 1.78 bits per heavy atom. The van der Waals surface area contributed by atoms with Crippen LogP contribution in [0.15, 0.2) is 32.9 Å². The lowest BCUT2D eigenvalue weighted by Crippen LogP contribution is -2.43. The van der Waals surface area contributed by atoms with E-state index in [0.29, 0.717) is 38.5 Å². The molecule has 1 fully saturated rings. The molecule has 1 aliphatic rings. The largest absolute Gasteiger partial charge is 0.466 e. The van der Waals surface area contributed by atoms with Gasteiger partial charge >= 0.3 is 5.97 Å². The smallest absolute Gasteiger partial charge is 0.309 e. The normalized spacial score (nSPS) is 15.7. The zero-order valence-corrected chi connectivity index (χ0v) is 21.5. The Morgan fingerprint density at radius 3 is 2.41 bits per heavy atom. The first-order valence-electron chi connectivity index (χ1n) is 11.0. The number of benzene rings is 1. The van der Waals surface area contributed by atoms with E-state index in [4.69, 9.17) is 4.74 Å². The maximum Gasteiger partial charge on any atom is 0.309 e. The van der Waals surface area contributed by atoms with E-state index >= 15 is 0 Å². The number of ether oxygens (including phenoxy) is 1. The van der Waals surface area contributed by atoms with Gasteiger partial charge in [0.2, 0.25) is 5.91 Å². The fourth-order valence-electron chi connectivity index (χ4n) is 3.50. The SMILES string of the molecule is CCOC(=O)C1CCN(C(=O)C(C)Sc2nnc(SCc3ccc(C(C)C)cc3)s2)CC1. The highest BCUT2D eigenvalue weighted by Crippen LogP contribution is 2.33. The Hall–Kier alpha value is -1.58. The van der Waals surface area contributed by atoms with E-state index in [2.05, 4.69) is 48.3 Å². The molecule has 0 aliphatic carbocycles. The van der Waals surface area contributed by atoms with Crippen LogP contribution in [0, 0.1) is 5.92 Å². The summed E-state index contributed by atoms with van der Waals surface area (Å²) in [6.07, 6.45) is 1.33. The number of esters is 1. The van der Waals surface area contributed by atoms with Crippen LogP contribution in [0.2, 0.25) is 0 Å². The van der Waals surface area contributed by atoms with Gasteiger partial charge in [0, 0.05) is 18.8 Å². The molecule has 1 saturated heterocycles. The van der Waals surface area contributed by atoms with Crippen molar-refractivity contribution in [2.75, 3.05) is 19.7 Å². The van der Waals surface area contributed by atoms with Crippen LogP contribution in [-0.4, -0.2) is 51.9 Å². The molecule has 2 aromatic rings. The first-order valence-corrected chi connectivity index (χ1v) is 13.7. The molecule has 1 unspecified atom stereocenters. The first-order chi connectivity index (χ1) is 15.4. The van der Waals surface area contributed by atoms with Gasteiger partial charge in [0.1, 0.15) is 0 Å². The van der Waals surface area contributed by atoms with Gasteiger partial charge in [0.25, 0.3) is 0 Å². The minimum atomic E-state index is -0.233. The van der Waals surface area contributed by atoms with Gasteiger partial charge in [-0.3, -0.25) is 9.59 Å². The fourth-order valence-corrected chi connectivity index (χ4v) is 6.71. The summed E-state index contributed by atoms with van der Waals surface area (Å²) in [5.74, 6) is 1.24. The second-order valence-electron chi connectivity index (χ2n) is 8.13. The Morgan fingerprint density at radius 1 is 1.12 bits per heavy atom. The molecule has 1 atom stereocenters. The van der Waals surface area contributed by atoms with Gasteiger partial charge in [-0.15, -0.1) is 10.2 Å². The Labute approximate surface area is 202 Å². The molecule has 3 rings (SSSR count). The van der Waals surface area contributed by atoms with E-state index < -0.39 is 0 Å². The summed E-state index contributed by atoms with van der Waals surface area (Å²) < 4.78 is 6.83. The van der Waals surface area contributed by atoms with Gasteiger partial charge in [0.15, 0.2) is 8.68 Å². The van der Waals surface area contributed by atoms with Crippen molar-refractivity contribution < 1.29 is 14.3 Å². The number of piperidine rings is 1. The molecule has 32 heavy (non-hydrogen) atoms. The number of nitrogens with zero attached hydrogens (tertiary/aromatic N) is 3. The van der Waals surface area contributed by atoms with Gasteiger partial charge in [-0.1, -0.05) is 73.0 Å². The molecule has 0 bridgehead atoms. The van der Waals surface area contributed by atoms with Crippen molar-refractivity contribution in [3.8, 4) is 0 Å². The molecule has 1 aromatic carbocycles. The van der Waals surface area contributed by atoms with Crippen LogP contribution < -0.4 is 0 Å². The van der Waals surface area contributed by atoms with Gasteiger partial charge in [-0.2, -0.15) is 0 Å². The summed E-state index contributed by atoms with van der Waals surface area (Å²) in [5.41, 5.74) is 2.61. The highest BCUT2D eigenvalue weighted by atomic mass is 32.2. The number of carbonyl (C=O) groups excluding carboxylic acids is 2. The Balaban J connectivity index is 1.45. The quantitative estimate of drug-likeness (QED) is 0.349. The summed E-state index contributed by atoms with van der Waals surface area (Å²) in [7, 11) is 0. The third kappa shape index (κ3) is 6.96. The van der Waals surface area contributed by atoms with Crippen LogP contribution in [0.3, 0.4) is 0 Å². The number of carbonyl (C=O) groups is 2. The molecule has 0 radical (unpaired) electrons. The van der Waals surface area contributed by atoms with Crippen molar-refractivity contribution in [3.05, 3.63) is 35.4 Å². The molecule has 174 valence electrons. The van der Waals surface area contributed by atoms with Crippen LogP contribution >= 0.6 is 34.9 Å². The zero-order chi connectivity index (χ0) is 23.1. The van der Waals surface area contributed by atoms with Crippen molar-refractivity contribution >= 4 is 46.7 Å². The van der Waals surface area contributed by atoms with E-state index in [1.165, 1.54) is 34.2 Å². The van der Waals surface area contributed by atoms with Crippen molar-refractivity contribution in [2.24, 2.45) is 5.92 Å². The molecule has 1 aliphatic heterocycles. The number of aromatic nitrogens is 2. The monoisotopic (exact) mass is 493 g/mol. The predicted molar refractivity (Wildman–Crippen MR) is 131 cm³/mol. The minimum absolute atomic E-state index is 0.0898. The highest BCUT2D eigenvalue weighted by molar-refractivity contribution is 8.03. The number of hydrogen-bond acceptors (Lipinski definition) is 8. The molecule has 2 heterocycles. The van der Waals surface area contributed by atoms with Crippen LogP contribution in [0.5, 0.6) is 0 Å². The lowest BCUT2D eigenvalue weighted by Gasteiger charge is -2.32.